The fraction of sp³-hybridized carbons (Fsp3) is 0.192. The van der Waals surface area contributed by atoms with Gasteiger partial charge in [-0.2, -0.15) is 4.31 Å². The summed E-state index contributed by atoms with van der Waals surface area (Å²) in [7, 11) is -3.59. The molecular formula is C26H25NO5S. The van der Waals surface area contributed by atoms with Crippen molar-refractivity contribution in [2.75, 3.05) is 26.3 Å². The maximum atomic E-state index is 12.7. The van der Waals surface area contributed by atoms with Crippen molar-refractivity contribution in [1.29, 1.82) is 0 Å². The van der Waals surface area contributed by atoms with Gasteiger partial charge >= 0.3 is 0 Å². The molecule has 0 aromatic heterocycles. The first kappa shape index (κ1) is 22.9. The van der Waals surface area contributed by atoms with Crippen LogP contribution in [0.15, 0.2) is 89.8 Å². The van der Waals surface area contributed by atoms with Crippen LogP contribution in [0.4, 0.5) is 0 Å². The molecule has 0 saturated carbocycles. The van der Waals surface area contributed by atoms with Crippen LogP contribution in [0.3, 0.4) is 0 Å². The average molecular weight is 464 g/mol. The van der Waals surface area contributed by atoms with Crippen LogP contribution in [0.2, 0.25) is 0 Å². The Balaban J connectivity index is 1.44. The van der Waals surface area contributed by atoms with Gasteiger partial charge in [0.1, 0.15) is 12.4 Å². The number of allylic oxidation sites excluding steroid dienone is 1. The Hall–Kier alpha value is -3.26. The Kier molecular flexibility index (Phi) is 7.34. The number of hydrogen-bond donors (Lipinski definition) is 0. The molecule has 3 aromatic carbocycles. The minimum absolute atomic E-state index is 0.171. The number of carbonyl (C=O) groups is 1. The lowest BCUT2D eigenvalue weighted by atomic mass is 10.1. The van der Waals surface area contributed by atoms with Crippen molar-refractivity contribution in [3.63, 3.8) is 0 Å². The van der Waals surface area contributed by atoms with E-state index in [-0.39, 0.29) is 10.7 Å². The van der Waals surface area contributed by atoms with Crippen LogP contribution < -0.4 is 4.74 Å². The first-order valence-electron chi connectivity index (χ1n) is 10.7. The quantitative estimate of drug-likeness (QED) is 0.370. The second-order valence-corrected chi connectivity index (χ2v) is 9.49. The van der Waals surface area contributed by atoms with E-state index < -0.39 is 10.0 Å². The van der Waals surface area contributed by atoms with Crippen molar-refractivity contribution in [2.45, 2.75) is 11.5 Å². The van der Waals surface area contributed by atoms with Gasteiger partial charge in [-0.15, -0.1) is 0 Å². The van der Waals surface area contributed by atoms with Crippen LogP contribution in [0.1, 0.15) is 21.5 Å². The second kappa shape index (κ2) is 10.6. The third-order valence-electron chi connectivity index (χ3n) is 5.32. The number of rotatable bonds is 8. The molecule has 0 amide bonds. The van der Waals surface area contributed by atoms with Gasteiger partial charge in [0.2, 0.25) is 10.0 Å². The monoisotopic (exact) mass is 463 g/mol. The zero-order valence-electron chi connectivity index (χ0n) is 18.1. The van der Waals surface area contributed by atoms with Gasteiger partial charge in [-0.3, -0.25) is 4.79 Å². The third kappa shape index (κ3) is 5.76. The number of para-hydroxylation sites is 1. The molecule has 170 valence electrons. The fourth-order valence-electron chi connectivity index (χ4n) is 3.47. The molecule has 7 heteroatoms. The summed E-state index contributed by atoms with van der Waals surface area (Å²) < 4.78 is 38.0. The van der Waals surface area contributed by atoms with Gasteiger partial charge in [-0.05, 0) is 48.0 Å². The molecule has 0 aliphatic carbocycles. The maximum Gasteiger partial charge on any atom is 0.243 e. The molecule has 0 bridgehead atoms. The Morgan fingerprint density at radius 1 is 0.909 bits per heavy atom. The lowest BCUT2D eigenvalue weighted by Gasteiger charge is -2.26. The van der Waals surface area contributed by atoms with Gasteiger partial charge in [-0.25, -0.2) is 8.42 Å². The summed E-state index contributed by atoms with van der Waals surface area (Å²) in [6.45, 7) is 1.86. The zero-order valence-corrected chi connectivity index (χ0v) is 18.9. The highest BCUT2D eigenvalue weighted by atomic mass is 32.2. The molecule has 1 aliphatic heterocycles. The standard InChI is InChI=1S/C26H25NO5S/c28-25(22-10-13-24(14-11-22)33(29,30)27-16-18-31-19-17-27)15-12-23-8-4-5-9-26(23)32-20-21-6-2-1-3-7-21/h1-15H,16-20H2. The van der Waals surface area contributed by atoms with Crippen molar-refractivity contribution >= 4 is 21.9 Å². The van der Waals surface area contributed by atoms with Gasteiger partial charge in [0, 0.05) is 24.2 Å². The molecule has 6 nitrogen and oxygen atoms in total. The minimum atomic E-state index is -3.59. The molecule has 4 rings (SSSR count). The van der Waals surface area contributed by atoms with Crippen molar-refractivity contribution in [3.8, 4) is 5.75 Å². The highest BCUT2D eigenvalue weighted by molar-refractivity contribution is 7.89. The number of hydrogen-bond acceptors (Lipinski definition) is 5. The summed E-state index contributed by atoms with van der Waals surface area (Å²) in [5.41, 5.74) is 2.25. The van der Waals surface area contributed by atoms with Gasteiger partial charge < -0.3 is 9.47 Å². The lowest BCUT2D eigenvalue weighted by molar-refractivity contribution is 0.0730. The SMILES string of the molecule is O=C(C=Cc1ccccc1OCc1ccccc1)c1ccc(S(=O)(=O)N2CCOCC2)cc1. The number of nitrogens with zero attached hydrogens (tertiary/aromatic N) is 1. The molecule has 33 heavy (non-hydrogen) atoms. The first-order chi connectivity index (χ1) is 16.0. The average Bonchev–Trinajstić information content (AvgIpc) is 2.87. The van der Waals surface area contributed by atoms with E-state index in [1.54, 1.807) is 6.08 Å². The number of morpholine rings is 1. The number of ketones is 1. The van der Waals surface area contributed by atoms with Gasteiger partial charge in [0.05, 0.1) is 18.1 Å². The topological polar surface area (TPSA) is 72.9 Å². The van der Waals surface area contributed by atoms with E-state index in [2.05, 4.69) is 0 Å². The summed E-state index contributed by atoms with van der Waals surface area (Å²) >= 11 is 0. The lowest BCUT2D eigenvalue weighted by Crippen LogP contribution is -2.40. The fourth-order valence-corrected chi connectivity index (χ4v) is 4.88. The van der Waals surface area contributed by atoms with E-state index in [1.165, 1.54) is 34.6 Å². The predicted molar refractivity (Wildman–Crippen MR) is 127 cm³/mol. The number of ether oxygens (including phenoxy) is 2. The Morgan fingerprint density at radius 2 is 1.58 bits per heavy atom. The zero-order chi connectivity index (χ0) is 23.1. The van der Waals surface area contributed by atoms with Gasteiger partial charge in [0.15, 0.2) is 5.78 Å². The van der Waals surface area contributed by atoms with Crippen LogP contribution in [0, 0.1) is 0 Å². The summed E-state index contributed by atoms with van der Waals surface area (Å²) in [6.07, 6.45) is 3.18. The molecule has 0 radical (unpaired) electrons. The smallest absolute Gasteiger partial charge is 0.243 e. The molecule has 1 aliphatic rings. The van der Waals surface area contributed by atoms with E-state index in [1.807, 2.05) is 54.6 Å². The van der Waals surface area contributed by atoms with Crippen molar-refractivity contribution in [3.05, 3.63) is 102 Å². The molecule has 0 spiro atoms. The van der Waals surface area contributed by atoms with E-state index in [4.69, 9.17) is 9.47 Å². The summed E-state index contributed by atoms with van der Waals surface area (Å²) in [5.74, 6) is 0.459. The summed E-state index contributed by atoms with van der Waals surface area (Å²) in [6, 6.07) is 23.4. The first-order valence-corrected chi connectivity index (χ1v) is 12.1. The highest BCUT2D eigenvalue weighted by Crippen LogP contribution is 2.22. The Bertz CT molecular complexity index is 1220. The van der Waals surface area contributed by atoms with Crippen LogP contribution >= 0.6 is 0 Å². The van der Waals surface area contributed by atoms with E-state index in [9.17, 15) is 13.2 Å². The second-order valence-electron chi connectivity index (χ2n) is 7.55. The van der Waals surface area contributed by atoms with Crippen LogP contribution in [-0.4, -0.2) is 44.8 Å². The van der Waals surface area contributed by atoms with Crippen molar-refractivity contribution < 1.29 is 22.7 Å². The van der Waals surface area contributed by atoms with Crippen LogP contribution in [0.5, 0.6) is 5.75 Å². The largest absolute Gasteiger partial charge is 0.488 e. The molecule has 0 atom stereocenters. The number of sulfonamides is 1. The molecule has 1 heterocycles. The van der Waals surface area contributed by atoms with Gasteiger partial charge in [-0.1, -0.05) is 48.5 Å². The van der Waals surface area contributed by atoms with E-state index in [0.717, 1.165) is 11.1 Å². The molecular weight excluding hydrogens is 438 g/mol. The summed E-state index contributed by atoms with van der Waals surface area (Å²) in [4.78, 5) is 12.8. The highest BCUT2D eigenvalue weighted by Gasteiger charge is 2.26. The Labute approximate surface area is 194 Å². The predicted octanol–water partition coefficient (Wildman–Crippen LogP) is 4.18. The third-order valence-corrected chi connectivity index (χ3v) is 7.23. The van der Waals surface area contributed by atoms with Gasteiger partial charge in [0.25, 0.3) is 0 Å². The number of benzene rings is 3. The maximum absolute atomic E-state index is 12.7. The molecule has 0 N–H and O–H groups in total. The molecule has 1 fully saturated rings. The van der Waals surface area contributed by atoms with Crippen LogP contribution in [0.25, 0.3) is 6.08 Å². The Morgan fingerprint density at radius 3 is 2.30 bits per heavy atom. The molecule has 1 saturated heterocycles. The van der Waals surface area contributed by atoms with E-state index in [0.29, 0.717) is 44.2 Å². The molecule has 3 aromatic rings. The van der Waals surface area contributed by atoms with E-state index >= 15 is 0 Å². The van der Waals surface area contributed by atoms with Crippen molar-refractivity contribution in [2.24, 2.45) is 0 Å². The summed E-state index contributed by atoms with van der Waals surface area (Å²) in [5, 5.41) is 0. The minimum Gasteiger partial charge on any atom is -0.488 e. The van der Waals surface area contributed by atoms with Crippen molar-refractivity contribution in [1.82, 2.24) is 4.31 Å². The normalized spacial score (nSPS) is 14.9. The molecule has 0 unspecified atom stereocenters. The van der Waals surface area contributed by atoms with Crippen LogP contribution in [-0.2, 0) is 21.4 Å². The number of carbonyl (C=O) groups excluding carboxylic acids is 1.